The summed E-state index contributed by atoms with van der Waals surface area (Å²) < 4.78 is 5.95. The zero-order valence-electron chi connectivity index (χ0n) is 13.2. The molecule has 114 valence electrons. The smallest absolute Gasteiger partial charge is 0.131 e. The van der Waals surface area contributed by atoms with Crippen LogP contribution < -0.4 is 10.1 Å². The lowest BCUT2D eigenvalue weighted by Gasteiger charge is -2.13. The minimum absolute atomic E-state index is 0.463. The zero-order valence-corrected chi connectivity index (χ0v) is 14.0. The van der Waals surface area contributed by atoms with Gasteiger partial charge in [0.25, 0.3) is 0 Å². The lowest BCUT2D eigenvalue weighted by atomic mass is 10.2. The molecule has 0 aliphatic rings. The number of ether oxygens (including phenoxy) is 1. The van der Waals surface area contributed by atoms with Crippen LogP contribution in [0.5, 0.6) is 5.75 Å². The number of nitrogens with zero attached hydrogens (tertiary/aromatic N) is 1. The first-order valence-electron chi connectivity index (χ1n) is 7.44. The average molecular weight is 304 g/mol. The number of hydrogen-bond acceptors (Lipinski definition) is 4. The van der Waals surface area contributed by atoms with E-state index in [-0.39, 0.29) is 0 Å². The van der Waals surface area contributed by atoms with Crippen LogP contribution in [0.15, 0.2) is 29.6 Å². The summed E-state index contributed by atoms with van der Waals surface area (Å²) >= 11 is 1.71. The van der Waals surface area contributed by atoms with Crippen molar-refractivity contribution in [1.29, 1.82) is 0 Å². The van der Waals surface area contributed by atoms with Crippen molar-refractivity contribution in [2.75, 3.05) is 0 Å². The van der Waals surface area contributed by atoms with E-state index in [2.05, 4.69) is 49.4 Å². The molecule has 4 heteroatoms. The molecule has 0 spiro atoms. The number of nitrogens with one attached hydrogen (secondary N) is 1. The molecule has 0 aliphatic heterocycles. The standard InChI is InChI=1S/C17H24N2OS/c1-12(2)17-19-15(11-21-17)10-20-16-8-6-5-7-14(16)9-18-13(3)4/h5-8,11-13,18H,9-10H2,1-4H3. The van der Waals surface area contributed by atoms with Gasteiger partial charge in [0, 0.05) is 29.4 Å². The van der Waals surface area contributed by atoms with Crippen molar-refractivity contribution >= 4 is 11.3 Å². The van der Waals surface area contributed by atoms with E-state index in [1.807, 2.05) is 18.2 Å². The summed E-state index contributed by atoms with van der Waals surface area (Å²) in [4.78, 5) is 4.61. The largest absolute Gasteiger partial charge is 0.487 e. The van der Waals surface area contributed by atoms with Crippen molar-refractivity contribution in [3.05, 3.63) is 45.9 Å². The Hall–Kier alpha value is -1.39. The third-order valence-corrected chi connectivity index (χ3v) is 4.31. The predicted octanol–water partition coefficient (Wildman–Crippen LogP) is 4.34. The number of thiazole rings is 1. The monoisotopic (exact) mass is 304 g/mol. The molecular weight excluding hydrogens is 280 g/mol. The highest BCUT2D eigenvalue weighted by Crippen LogP contribution is 2.22. The van der Waals surface area contributed by atoms with E-state index < -0.39 is 0 Å². The molecular formula is C17H24N2OS. The van der Waals surface area contributed by atoms with Gasteiger partial charge in [0.1, 0.15) is 12.4 Å². The Kier molecular flexibility index (Phi) is 5.76. The van der Waals surface area contributed by atoms with Gasteiger partial charge in [0.05, 0.1) is 10.7 Å². The maximum Gasteiger partial charge on any atom is 0.131 e. The second-order valence-electron chi connectivity index (χ2n) is 5.76. The van der Waals surface area contributed by atoms with Crippen LogP contribution >= 0.6 is 11.3 Å². The Labute approximate surface area is 131 Å². The minimum Gasteiger partial charge on any atom is -0.487 e. The first-order chi connectivity index (χ1) is 10.1. The van der Waals surface area contributed by atoms with E-state index in [4.69, 9.17) is 4.74 Å². The Morgan fingerprint density at radius 1 is 1.19 bits per heavy atom. The summed E-state index contributed by atoms with van der Waals surface area (Å²) in [5.74, 6) is 1.41. The number of rotatable bonds is 7. The summed E-state index contributed by atoms with van der Waals surface area (Å²) in [6.07, 6.45) is 0. The van der Waals surface area contributed by atoms with Crippen LogP contribution in [0.4, 0.5) is 0 Å². The Morgan fingerprint density at radius 2 is 1.95 bits per heavy atom. The fourth-order valence-electron chi connectivity index (χ4n) is 1.91. The molecule has 21 heavy (non-hydrogen) atoms. The molecule has 0 aliphatic carbocycles. The first-order valence-corrected chi connectivity index (χ1v) is 8.32. The number of para-hydroxylation sites is 1. The van der Waals surface area contributed by atoms with Crippen molar-refractivity contribution in [2.45, 2.75) is 52.8 Å². The zero-order chi connectivity index (χ0) is 15.2. The maximum atomic E-state index is 5.95. The normalized spacial score (nSPS) is 11.3. The minimum atomic E-state index is 0.463. The predicted molar refractivity (Wildman–Crippen MR) is 89.0 cm³/mol. The van der Waals surface area contributed by atoms with Crippen LogP contribution in [0.2, 0.25) is 0 Å². The van der Waals surface area contributed by atoms with Crippen LogP contribution in [0.1, 0.15) is 49.9 Å². The van der Waals surface area contributed by atoms with Crippen LogP contribution in [0.3, 0.4) is 0 Å². The fraction of sp³-hybridized carbons (Fsp3) is 0.471. The van der Waals surface area contributed by atoms with Gasteiger partial charge in [-0.2, -0.15) is 0 Å². The van der Waals surface area contributed by atoms with Crippen molar-refractivity contribution in [3.63, 3.8) is 0 Å². The van der Waals surface area contributed by atoms with Gasteiger partial charge in [-0.25, -0.2) is 4.98 Å². The highest BCUT2D eigenvalue weighted by molar-refractivity contribution is 7.09. The molecule has 0 atom stereocenters. The van der Waals surface area contributed by atoms with Crippen molar-refractivity contribution in [3.8, 4) is 5.75 Å². The summed E-state index contributed by atoms with van der Waals surface area (Å²) in [6.45, 7) is 9.97. The van der Waals surface area contributed by atoms with Gasteiger partial charge in [0.15, 0.2) is 0 Å². The highest BCUT2D eigenvalue weighted by Gasteiger charge is 2.08. The average Bonchev–Trinajstić information content (AvgIpc) is 2.93. The van der Waals surface area contributed by atoms with Crippen LogP contribution in [0.25, 0.3) is 0 Å². The molecule has 2 aromatic rings. The summed E-state index contributed by atoms with van der Waals surface area (Å²) in [5, 5.41) is 6.68. The maximum absolute atomic E-state index is 5.95. The van der Waals surface area contributed by atoms with Crippen LogP contribution in [-0.4, -0.2) is 11.0 Å². The molecule has 1 aromatic heterocycles. The Morgan fingerprint density at radius 3 is 2.62 bits per heavy atom. The lowest BCUT2D eigenvalue weighted by molar-refractivity contribution is 0.297. The SMILES string of the molecule is CC(C)NCc1ccccc1OCc1csc(C(C)C)n1. The van der Waals surface area contributed by atoms with E-state index in [1.54, 1.807) is 11.3 Å². The molecule has 0 fully saturated rings. The number of benzene rings is 1. The second kappa shape index (κ2) is 7.57. The highest BCUT2D eigenvalue weighted by atomic mass is 32.1. The van der Waals surface area contributed by atoms with Crippen LogP contribution in [-0.2, 0) is 13.2 Å². The number of aromatic nitrogens is 1. The molecule has 0 radical (unpaired) electrons. The van der Waals surface area contributed by atoms with Crippen molar-refractivity contribution in [1.82, 2.24) is 10.3 Å². The van der Waals surface area contributed by atoms with Gasteiger partial charge >= 0.3 is 0 Å². The molecule has 1 N–H and O–H groups in total. The molecule has 3 nitrogen and oxygen atoms in total. The van der Waals surface area contributed by atoms with E-state index in [0.717, 1.165) is 18.0 Å². The van der Waals surface area contributed by atoms with E-state index in [0.29, 0.717) is 18.6 Å². The van der Waals surface area contributed by atoms with Gasteiger partial charge in [-0.3, -0.25) is 0 Å². The molecule has 0 saturated heterocycles. The van der Waals surface area contributed by atoms with Crippen molar-refractivity contribution < 1.29 is 4.74 Å². The Bertz CT molecular complexity index is 563. The second-order valence-corrected chi connectivity index (χ2v) is 6.65. The molecule has 0 amide bonds. The fourth-order valence-corrected chi connectivity index (χ4v) is 2.73. The third kappa shape index (κ3) is 4.83. The Balaban J connectivity index is 1.98. The third-order valence-electron chi connectivity index (χ3n) is 3.11. The van der Waals surface area contributed by atoms with Gasteiger partial charge in [-0.15, -0.1) is 11.3 Å². The summed E-state index contributed by atoms with van der Waals surface area (Å²) in [7, 11) is 0. The van der Waals surface area contributed by atoms with E-state index in [1.165, 1.54) is 10.6 Å². The van der Waals surface area contributed by atoms with Gasteiger partial charge < -0.3 is 10.1 Å². The molecule has 2 rings (SSSR count). The quantitative estimate of drug-likeness (QED) is 0.826. The van der Waals surface area contributed by atoms with E-state index in [9.17, 15) is 0 Å². The molecule has 1 heterocycles. The molecule has 0 saturated carbocycles. The van der Waals surface area contributed by atoms with Gasteiger partial charge in [0.2, 0.25) is 0 Å². The summed E-state index contributed by atoms with van der Waals surface area (Å²) in [5.41, 5.74) is 2.20. The van der Waals surface area contributed by atoms with Crippen molar-refractivity contribution in [2.24, 2.45) is 0 Å². The number of hydrogen-bond donors (Lipinski definition) is 1. The van der Waals surface area contributed by atoms with Crippen LogP contribution in [0, 0.1) is 0 Å². The molecule has 0 unspecified atom stereocenters. The first kappa shape index (κ1) is 16.0. The van der Waals surface area contributed by atoms with E-state index >= 15 is 0 Å². The summed E-state index contributed by atoms with van der Waals surface area (Å²) in [6, 6.07) is 8.64. The molecule has 1 aromatic carbocycles. The topological polar surface area (TPSA) is 34.1 Å². The lowest BCUT2D eigenvalue weighted by Crippen LogP contribution is -2.22. The molecule has 0 bridgehead atoms. The van der Waals surface area contributed by atoms with Gasteiger partial charge in [-0.05, 0) is 6.07 Å². The van der Waals surface area contributed by atoms with Gasteiger partial charge in [-0.1, -0.05) is 45.9 Å².